The van der Waals surface area contributed by atoms with E-state index >= 15 is 0 Å². The van der Waals surface area contributed by atoms with Gasteiger partial charge in [0, 0.05) is 17.0 Å². The average Bonchev–Trinajstić information content (AvgIpc) is 3.15. The van der Waals surface area contributed by atoms with Crippen molar-refractivity contribution in [2.75, 3.05) is 11.9 Å². The summed E-state index contributed by atoms with van der Waals surface area (Å²) in [7, 11) is 0. The molecule has 0 radical (unpaired) electrons. The molecule has 3 heterocycles. The van der Waals surface area contributed by atoms with E-state index in [0.717, 1.165) is 40.3 Å². The molecule has 0 spiro atoms. The quantitative estimate of drug-likeness (QED) is 0.901. The lowest BCUT2D eigenvalue weighted by molar-refractivity contribution is -0.115. The van der Waals surface area contributed by atoms with E-state index in [0.29, 0.717) is 13.0 Å². The second-order valence-corrected chi connectivity index (χ2v) is 7.34. The number of anilines is 1. The molecule has 4 rings (SSSR count). The molecule has 2 aliphatic rings. The van der Waals surface area contributed by atoms with Gasteiger partial charge < -0.3 is 15.4 Å². The molecule has 2 amide bonds. The predicted octanol–water partition coefficient (Wildman–Crippen LogP) is 2.81. The summed E-state index contributed by atoms with van der Waals surface area (Å²) in [6, 6.07) is 7.66. The minimum Gasteiger partial charge on any atom is -0.376 e. The number of rotatable bonds is 3. The predicted molar refractivity (Wildman–Crippen MR) is 92.3 cm³/mol. The number of fused-ring (bicyclic) bond motifs is 2. The third-order valence-corrected chi connectivity index (χ3v) is 5.69. The summed E-state index contributed by atoms with van der Waals surface area (Å²) in [6.07, 6.45) is 1.29. The minimum atomic E-state index is -0.117. The first kappa shape index (κ1) is 15.4. The Hall–Kier alpha value is -2.18. The van der Waals surface area contributed by atoms with Crippen LogP contribution < -0.4 is 10.6 Å². The van der Waals surface area contributed by atoms with Gasteiger partial charge in [-0.15, -0.1) is 11.3 Å². The Bertz CT molecular complexity index is 804. The Kier molecular flexibility index (Phi) is 3.86. The Labute approximate surface area is 144 Å². The van der Waals surface area contributed by atoms with Crippen molar-refractivity contribution in [2.45, 2.75) is 32.4 Å². The second kappa shape index (κ2) is 6.03. The van der Waals surface area contributed by atoms with Crippen LogP contribution in [0, 0.1) is 0 Å². The van der Waals surface area contributed by atoms with Crippen LogP contribution in [0.4, 0.5) is 5.69 Å². The Morgan fingerprint density at radius 1 is 1.33 bits per heavy atom. The number of ether oxygens (including phenoxy) is 1. The fraction of sp³-hybridized carbons (Fsp3) is 0.333. The number of hydrogen-bond acceptors (Lipinski definition) is 4. The Morgan fingerprint density at radius 3 is 3.04 bits per heavy atom. The maximum absolute atomic E-state index is 12.5. The van der Waals surface area contributed by atoms with E-state index in [2.05, 4.69) is 10.6 Å². The van der Waals surface area contributed by atoms with Gasteiger partial charge in [-0.05, 0) is 35.7 Å². The highest BCUT2D eigenvalue weighted by atomic mass is 32.1. The molecule has 6 heteroatoms. The number of hydrogen-bond donors (Lipinski definition) is 2. The van der Waals surface area contributed by atoms with Crippen LogP contribution in [0.3, 0.4) is 0 Å². The van der Waals surface area contributed by atoms with E-state index < -0.39 is 0 Å². The Morgan fingerprint density at radius 2 is 2.21 bits per heavy atom. The van der Waals surface area contributed by atoms with Gasteiger partial charge in [0.25, 0.3) is 5.91 Å². The molecule has 2 N–H and O–H groups in total. The van der Waals surface area contributed by atoms with E-state index in [1.165, 1.54) is 4.88 Å². The van der Waals surface area contributed by atoms with Crippen LogP contribution in [0.25, 0.3) is 0 Å². The van der Waals surface area contributed by atoms with Gasteiger partial charge in [0.05, 0.1) is 30.6 Å². The van der Waals surface area contributed by atoms with Gasteiger partial charge in [-0.3, -0.25) is 9.59 Å². The molecule has 124 valence electrons. The summed E-state index contributed by atoms with van der Waals surface area (Å²) >= 11 is 1.55. The maximum Gasteiger partial charge on any atom is 0.261 e. The third-order valence-electron chi connectivity index (χ3n) is 4.45. The van der Waals surface area contributed by atoms with Gasteiger partial charge in [0.2, 0.25) is 5.91 Å². The first-order chi connectivity index (χ1) is 11.6. The highest BCUT2D eigenvalue weighted by Crippen LogP contribution is 2.29. The van der Waals surface area contributed by atoms with Crippen molar-refractivity contribution in [3.05, 3.63) is 50.7 Å². The highest BCUT2D eigenvalue weighted by Gasteiger charge is 2.21. The first-order valence-electron chi connectivity index (χ1n) is 8.03. The van der Waals surface area contributed by atoms with Gasteiger partial charge in [0.15, 0.2) is 0 Å². The Balaban J connectivity index is 1.48. The van der Waals surface area contributed by atoms with Crippen molar-refractivity contribution >= 4 is 28.8 Å². The average molecular weight is 342 g/mol. The number of carbonyl (C=O) groups is 2. The van der Waals surface area contributed by atoms with Crippen molar-refractivity contribution in [3.63, 3.8) is 0 Å². The molecule has 0 saturated heterocycles. The number of nitrogens with one attached hydrogen (secondary N) is 2. The number of benzene rings is 1. The summed E-state index contributed by atoms with van der Waals surface area (Å²) in [5, 5.41) is 5.87. The van der Waals surface area contributed by atoms with Crippen molar-refractivity contribution < 1.29 is 14.3 Å². The van der Waals surface area contributed by atoms with Crippen molar-refractivity contribution in [1.29, 1.82) is 0 Å². The zero-order valence-corrected chi connectivity index (χ0v) is 14.2. The van der Waals surface area contributed by atoms with Crippen LogP contribution in [-0.2, 0) is 29.0 Å². The molecule has 1 aromatic carbocycles. The smallest absolute Gasteiger partial charge is 0.261 e. The van der Waals surface area contributed by atoms with Crippen molar-refractivity contribution in [2.24, 2.45) is 0 Å². The van der Waals surface area contributed by atoms with Gasteiger partial charge in [-0.2, -0.15) is 0 Å². The molecule has 5 nitrogen and oxygen atoms in total. The molecule has 0 aliphatic carbocycles. The minimum absolute atomic E-state index is 0.0187. The highest BCUT2D eigenvalue weighted by molar-refractivity contribution is 7.14. The zero-order valence-electron chi connectivity index (χ0n) is 13.3. The molecule has 2 aliphatic heterocycles. The van der Waals surface area contributed by atoms with Gasteiger partial charge >= 0.3 is 0 Å². The van der Waals surface area contributed by atoms with E-state index in [1.54, 1.807) is 11.3 Å². The van der Waals surface area contributed by atoms with Crippen LogP contribution in [-0.4, -0.2) is 18.4 Å². The number of amides is 2. The second-order valence-electron chi connectivity index (χ2n) is 6.20. The summed E-state index contributed by atoms with van der Waals surface area (Å²) < 4.78 is 5.43. The lowest BCUT2D eigenvalue weighted by Gasteiger charge is -2.14. The lowest BCUT2D eigenvalue weighted by atomic mass is 10.0. The third kappa shape index (κ3) is 2.83. The van der Waals surface area contributed by atoms with Crippen LogP contribution in [0.2, 0.25) is 0 Å². The summed E-state index contributed by atoms with van der Waals surface area (Å²) in [5.74, 6) is -0.0400. The normalized spacial score (nSPS) is 17.0. The van der Waals surface area contributed by atoms with Crippen molar-refractivity contribution in [3.8, 4) is 0 Å². The van der Waals surface area contributed by atoms with Gasteiger partial charge in [-0.1, -0.05) is 12.1 Å². The molecule has 0 unspecified atom stereocenters. The maximum atomic E-state index is 12.5. The molecular formula is C18H18N2O3S. The molecule has 1 aromatic heterocycles. The molecule has 1 atom stereocenters. The van der Waals surface area contributed by atoms with Crippen LogP contribution in [0.15, 0.2) is 24.3 Å². The molecule has 24 heavy (non-hydrogen) atoms. The van der Waals surface area contributed by atoms with Gasteiger partial charge in [0.1, 0.15) is 0 Å². The van der Waals surface area contributed by atoms with E-state index in [9.17, 15) is 9.59 Å². The number of carbonyl (C=O) groups excluding carboxylic acids is 2. The van der Waals surface area contributed by atoms with Gasteiger partial charge in [-0.25, -0.2) is 0 Å². The molecule has 0 bridgehead atoms. The SMILES string of the molecule is C[C@H](NC(=O)c1cc2c(s1)CCOC2)c1ccc2c(c1)CC(=O)N2. The zero-order chi connectivity index (χ0) is 16.7. The van der Waals surface area contributed by atoms with Crippen LogP contribution in [0.1, 0.15) is 44.2 Å². The van der Waals surface area contributed by atoms with Crippen LogP contribution in [0.5, 0.6) is 0 Å². The van der Waals surface area contributed by atoms with Crippen molar-refractivity contribution in [1.82, 2.24) is 5.32 Å². The summed E-state index contributed by atoms with van der Waals surface area (Å²) in [4.78, 5) is 26.0. The molecule has 0 fully saturated rings. The first-order valence-corrected chi connectivity index (χ1v) is 8.84. The van der Waals surface area contributed by atoms with E-state index in [-0.39, 0.29) is 17.9 Å². The fourth-order valence-corrected chi connectivity index (χ4v) is 4.18. The lowest BCUT2D eigenvalue weighted by Crippen LogP contribution is -2.25. The summed E-state index contributed by atoms with van der Waals surface area (Å²) in [5.41, 5.74) is 3.99. The summed E-state index contributed by atoms with van der Waals surface area (Å²) in [6.45, 7) is 3.29. The van der Waals surface area contributed by atoms with E-state index in [4.69, 9.17) is 4.74 Å². The van der Waals surface area contributed by atoms with Crippen LogP contribution >= 0.6 is 11.3 Å². The van der Waals surface area contributed by atoms with E-state index in [1.807, 2.05) is 31.2 Å². The molecular weight excluding hydrogens is 324 g/mol. The monoisotopic (exact) mass is 342 g/mol. The largest absolute Gasteiger partial charge is 0.376 e. The standard InChI is InChI=1S/C18H18N2O3S/c1-10(11-2-3-14-12(6-11)8-17(21)20-14)19-18(22)16-7-13-9-23-5-4-15(13)24-16/h2-3,6-7,10H,4-5,8-9H2,1H3,(H,19,22)(H,20,21)/t10-/m0/s1. The fourth-order valence-electron chi connectivity index (χ4n) is 3.13. The number of thiophene rings is 1. The molecule has 0 saturated carbocycles. The topological polar surface area (TPSA) is 67.4 Å². The molecule has 2 aromatic rings.